The van der Waals surface area contributed by atoms with Crippen molar-refractivity contribution in [3.8, 4) is 0 Å². The normalized spacial score (nSPS) is 15.6. The molecule has 2 amide bonds. The summed E-state index contributed by atoms with van der Waals surface area (Å²) in [5.41, 5.74) is 0.645. The zero-order valence-electron chi connectivity index (χ0n) is 26.7. The van der Waals surface area contributed by atoms with Gasteiger partial charge in [0.25, 0.3) is 5.91 Å². The molecule has 0 saturated carbocycles. The molecule has 13 nitrogen and oxygen atoms in total. The van der Waals surface area contributed by atoms with Gasteiger partial charge in [0.2, 0.25) is 16.0 Å². The standard InChI is InChI=1S/C30H44N6O7S2/c1-6-7-8-9-10-19-45(41,42)23-11-12-25-22(20-23)13-14-36(25)27(37)24-21-31-28(32-26(24)33-44(5,39)40)34-15-17-35(18-16-34)29(38)43-30(2,3)4/h11-12,20-21H,6-10,13-19H2,1-5H3,(H,31,32,33). The van der Waals surface area contributed by atoms with Crippen LogP contribution in [0, 0.1) is 0 Å². The topological polar surface area (TPSA) is 159 Å². The first-order valence-electron chi connectivity index (χ1n) is 15.3. The van der Waals surface area contributed by atoms with E-state index in [9.17, 15) is 26.4 Å². The summed E-state index contributed by atoms with van der Waals surface area (Å²) in [7, 11) is -7.25. The molecule has 1 aromatic carbocycles. The van der Waals surface area contributed by atoms with Gasteiger partial charge in [-0.2, -0.15) is 4.98 Å². The van der Waals surface area contributed by atoms with Gasteiger partial charge in [-0.1, -0.05) is 32.6 Å². The summed E-state index contributed by atoms with van der Waals surface area (Å²) in [6.07, 6.45) is 6.97. The summed E-state index contributed by atoms with van der Waals surface area (Å²) in [5, 5.41) is 0. The number of fused-ring (bicyclic) bond motifs is 1. The molecule has 1 aromatic heterocycles. The highest BCUT2D eigenvalue weighted by Crippen LogP contribution is 2.33. The minimum Gasteiger partial charge on any atom is -0.444 e. The van der Waals surface area contributed by atoms with Gasteiger partial charge in [-0.3, -0.25) is 9.52 Å². The number of unbranched alkanes of at least 4 members (excludes halogenated alkanes) is 4. The number of anilines is 3. The first-order chi connectivity index (χ1) is 21.1. The first kappa shape index (κ1) is 34.4. The van der Waals surface area contributed by atoms with Crippen LogP contribution in [0.15, 0.2) is 29.3 Å². The van der Waals surface area contributed by atoms with Gasteiger partial charge in [-0.15, -0.1) is 0 Å². The summed E-state index contributed by atoms with van der Waals surface area (Å²) in [4.78, 5) is 40.1. The third-order valence-electron chi connectivity index (χ3n) is 7.57. The van der Waals surface area contributed by atoms with Crippen molar-refractivity contribution in [1.82, 2.24) is 14.9 Å². The lowest BCUT2D eigenvalue weighted by molar-refractivity contribution is 0.0240. The van der Waals surface area contributed by atoms with Gasteiger partial charge in [-0.25, -0.2) is 26.6 Å². The van der Waals surface area contributed by atoms with Gasteiger partial charge in [0.15, 0.2) is 15.7 Å². The van der Waals surface area contributed by atoms with Gasteiger partial charge in [0.05, 0.1) is 16.9 Å². The molecule has 1 saturated heterocycles. The highest BCUT2D eigenvalue weighted by molar-refractivity contribution is 7.92. The quantitative estimate of drug-likeness (QED) is 0.350. The second-order valence-electron chi connectivity index (χ2n) is 12.5. The van der Waals surface area contributed by atoms with Crippen LogP contribution < -0.4 is 14.5 Å². The Balaban J connectivity index is 1.51. The second kappa shape index (κ2) is 13.9. The molecule has 0 radical (unpaired) electrons. The van der Waals surface area contributed by atoms with Crippen LogP contribution in [0.1, 0.15) is 75.7 Å². The molecule has 45 heavy (non-hydrogen) atoms. The van der Waals surface area contributed by atoms with Crippen molar-refractivity contribution in [2.45, 2.75) is 76.7 Å². The number of carbonyl (C=O) groups is 2. The number of sulfone groups is 1. The summed E-state index contributed by atoms with van der Waals surface area (Å²) in [6, 6.07) is 4.79. The number of nitrogens with zero attached hydrogens (tertiary/aromatic N) is 5. The molecule has 248 valence electrons. The van der Waals surface area contributed by atoms with Crippen molar-refractivity contribution in [2.75, 3.05) is 59.3 Å². The maximum Gasteiger partial charge on any atom is 0.410 e. The number of sulfonamides is 1. The molecule has 3 heterocycles. The summed E-state index contributed by atoms with van der Waals surface area (Å²) < 4.78 is 58.2. The number of piperazine rings is 1. The number of hydrogen-bond donors (Lipinski definition) is 1. The lowest BCUT2D eigenvalue weighted by atomic mass is 10.2. The number of aromatic nitrogens is 2. The Morgan fingerprint density at radius 3 is 2.31 bits per heavy atom. The van der Waals surface area contributed by atoms with Crippen LogP contribution in [0.25, 0.3) is 0 Å². The zero-order chi connectivity index (χ0) is 33.0. The van der Waals surface area contributed by atoms with Gasteiger partial charge >= 0.3 is 6.09 Å². The Bertz CT molecular complexity index is 1620. The van der Waals surface area contributed by atoms with E-state index in [-0.39, 0.29) is 28.0 Å². The van der Waals surface area contributed by atoms with Crippen LogP contribution in [-0.4, -0.2) is 94.0 Å². The summed E-state index contributed by atoms with van der Waals surface area (Å²) >= 11 is 0. The zero-order valence-corrected chi connectivity index (χ0v) is 28.3. The second-order valence-corrected chi connectivity index (χ2v) is 16.3. The van der Waals surface area contributed by atoms with Crippen LogP contribution in [0.2, 0.25) is 0 Å². The van der Waals surface area contributed by atoms with Crippen molar-refractivity contribution in [2.24, 2.45) is 0 Å². The molecule has 1 N–H and O–H groups in total. The smallest absolute Gasteiger partial charge is 0.410 e. The van der Waals surface area contributed by atoms with E-state index < -0.39 is 37.5 Å². The third kappa shape index (κ3) is 9.06. The Hall–Kier alpha value is -3.46. The van der Waals surface area contributed by atoms with E-state index in [1.165, 1.54) is 17.2 Å². The maximum atomic E-state index is 13.8. The fourth-order valence-electron chi connectivity index (χ4n) is 5.29. The number of carbonyl (C=O) groups excluding carboxylic acids is 2. The van der Waals surface area contributed by atoms with E-state index in [0.29, 0.717) is 51.3 Å². The van der Waals surface area contributed by atoms with Crippen LogP contribution >= 0.6 is 0 Å². The average molecular weight is 665 g/mol. The van der Waals surface area contributed by atoms with E-state index in [2.05, 4.69) is 21.6 Å². The van der Waals surface area contributed by atoms with E-state index in [1.54, 1.807) is 42.7 Å². The number of benzene rings is 1. The number of amides is 2. The van der Waals surface area contributed by atoms with Gasteiger partial charge in [-0.05, 0) is 57.4 Å². The van der Waals surface area contributed by atoms with Crippen LogP contribution in [0.4, 0.5) is 22.2 Å². The average Bonchev–Trinajstić information content (AvgIpc) is 3.38. The van der Waals surface area contributed by atoms with E-state index >= 15 is 0 Å². The SMILES string of the molecule is CCCCCCCS(=O)(=O)c1ccc2c(c1)CCN2C(=O)c1cnc(N2CCN(C(=O)OC(C)(C)C)CC2)nc1NS(C)(=O)=O. The molecule has 2 aliphatic rings. The number of hydrogen-bond acceptors (Lipinski definition) is 10. The predicted octanol–water partition coefficient (Wildman–Crippen LogP) is 3.85. The molecular formula is C30H44N6O7S2. The van der Waals surface area contributed by atoms with Crippen LogP contribution in [0.5, 0.6) is 0 Å². The minimum absolute atomic E-state index is 0.0341. The van der Waals surface area contributed by atoms with E-state index in [4.69, 9.17) is 4.74 Å². The van der Waals surface area contributed by atoms with Gasteiger partial charge in [0, 0.05) is 44.6 Å². The Labute approximate surface area is 266 Å². The summed E-state index contributed by atoms with van der Waals surface area (Å²) in [5.74, 6) is -0.364. The molecule has 0 spiro atoms. The Morgan fingerprint density at radius 1 is 0.978 bits per heavy atom. The third-order valence-corrected chi connectivity index (χ3v) is 9.93. The minimum atomic E-state index is -3.80. The molecule has 15 heteroatoms. The lowest BCUT2D eigenvalue weighted by Gasteiger charge is -2.35. The lowest BCUT2D eigenvalue weighted by Crippen LogP contribution is -2.50. The molecule has 2 aromatic rings. The number of nitrogens with one attached hydrogen (secondary N) is 1. The molecule has 4 rings (SSSR count). The first-order valence-corrected chi connectivity index (χ1v) is 18.9. The maximum absolute atomic E-state index is 13.8. The van der Waals surface area contributed by atoms with Crippen molar-refractivity contribution in [3.05, 3.63) is 35.5 Å². The highest BCUT2D eigenvalue weighted by Gasteiger charge is 2.32. The summed E-state index contributed by atoms with van der Waals surface area (Å²) in [6.45, 7) is 9.28. The molecule has 0 atom stereocenters. The predicted molar refractivity (Wildman–Crippen MR) is 173 cm³/mol. The fraction of sp³-hybridized carbons (Fsp3) is 0.600. The van der Waals surface area contributed by atoms with E-state index in [0.717, 1.165) is 37.5 Å². The number of rotatable bonds is 11. The van der Waals surface area contributed by atoms with E-state index in [1.807, 2.05) is 0 Å². The highest BCUT2D eigenvalue weighted by atomic mass is 32.2. The molecular weight excluding hydrogens is 620 g/mol. The largest absolute Gasteiger partial charge is 0.444 e. The molecule has 2 aliphatic heterocycles. The van der Waals surface area contributed by atoms with Gasteiger partial charge in [0.1, 0.15) is 11.2 Å². The Morgan fingerprint density at radius 2 is 1.67 bits per heavy atom. The fourth-order valence-corrected chi connectivity index (χ4v) is 7.22. The monoisotopic (exact) mass is 664 g/mol. The van der Waals surface area contributed by atoms with Crippen molar-refractivity contribution in [1.29, 1.82) is 0 Å². The van der Waals surface area contributed by atoms with Crippen LogP contribution in [-0.2, 0) is 31.0 Å². The molecule has 0 bridgehead atoms. The van der Waals surface area contributed by atoms with Crippen LogP contribution in [0.3, 0.4) is 0 Å². The van der Waals surface area contributed by atoms with Crippen molar-refractivity contribution >= 4 is 49.3 Å². The van der Waals surface area contributed by atoms with Crippen molar-refractivity contribution in [3.63, 3.8) is 0 Å². The van der Waals surface area contributed by atoms with Gasteiger partial charge < -0.3 is 19.4 Å². The molecule has 1 fully saturated rings. The van der Waals surface area contributed by atoms with Crippen molar-refractivity contribution < 1.29 is 31.2 Å². The number of ether oxygens (including phenoxy) is 1. The molecule has 0 aliphatic carbocycles. The molecule has 0 unspecified atom stereocenters. The Kier molecular flexibility index (Phi) is 10.6.